The van der Waals surface area contributed by atoms with Gasteiger partial charge in [-0.15, -0.1) is 0 Å². The van der Waals surface area contributed by atoms with Gasteiger partial charge in [0.25, 0.3) is 0 Å². The van der Waals surface area contributed by atoms with E-state index in [-0.39, 0.29) is 0 Å². The summed E-state index contributed by atoms with van der Waals surface area (Å²) >= 11 is 3.45. The second-order valence-electron chi connectivity index (χ2n) is 5.07. The molecule has 3 N–H and O–H groups in total. The van der Waals surface area contributed by atoms with Crippen molar-refractivity contribution in [1.29, 1.82) is 0 Å². The zero-order valence-corrected chi connectivity index (χ0v) is 13.8. The Balaban J connectivity index is 1.62. The van der Waals surface area contributed by atoms with Gasteiger partial charge in [0, 0.05) is 24.1 Å². The SMILES string of the molecule is NC(=NCc1cccc(Br)c1)NCCCN1CCOCC1. The van der Waals surface area contributed by atoms with Crippen LogP contribution >= 0.6 is 15.9 Å². The van der Waals surface area contributed by atoms with Gasteiger partial charge in [-0.3, -0.25) is 4.90 Å². The molecule has 1 aromatic carbocycles. The predicted molar refractivity (Wildman–Crippen MR) is 89.3 cm³/mol. The third kappa shape index (κ3) is 6.46. The number of ether oxygens (including phenoxy) is 1. The molecular weight excluding hydrogens is 332 g/mol. The molecule has 5 nitrogen and oxygen atoms in total. The lowest BCUT2D eigenvalue weighted by Gasteiger charge is -2.26. The summed E-state index contributed by atoms with van der Waals surface area (Å²) in [6.07, 6.45) is 1.06. The van der Waals surface area contributed by atoms with Crippen molar-refractivity contribution in [2.75, 3.05) is 39.4 Å². The van der Waals surface area contributed by atoms with Crippen LogP contribution in [0.1, 0.15) is 12.0 Å². The standard InChI is InChI=1S/C15H23BrN4O/c16-14-4-1-3-13(11-14)12-19-15(17)18-5-2-6-20-7-9-21-10-8-20/h1,3-4,11H,2,5-10,12H2,(H3,17,18,19). The minimum atomic E-state index is 0.511. The highest BCUT2D eigenvalue weighted by molar-refractivity contribution is 9.10. The van der Waals surface area contributed by atoms with Gasteiger partial charge in [0.1, 0.15) is 0 Å². The molecule has 1 aromatic rings. The molecule has 1 aliphatic rings. The minimum absolute atomic E-state index is 0.511. The molecule has 0 spiro atoms. The van der Waals surface area contributed by atoms with Crippen LogP contribution in [0.2, 0.25) is 0 Å². The van der Waals surface area contributed by atoms with E-state index in [1.807, 2.05) is 18.2 Å². The zero-order chi connectivity index (χ0) is 14.9. The van der Waals surface area contributed by atoms with Crippen LogP contribution in [0.5, 0.6) is 0 Å². The normalized spacial score (nSPS) is 16.9. The number of benzene rings is 1. The molecule has 6 heteroatoms. The maximum absolute atomic E-state index is 5.87. The second-order valence-corrected chi connectivity index (χ2v) is 5.98. The lowest BCUT2D eigenvalue weighted by atomic mass is 10.2. The van der Waals surface area contributed by atoms with Crippen LogP contribution in [0.25, 0.3) is 0 Å². The molecule has 1 saturated heterocycles. The molecule has 0 unspecified atom stereocenters. The van der Waals surface area contributed by atoms with E-state index in [0.29, 0.717) is 12.5 Å². The highest BCUT2D eigenvalue weighted by Crippen LogP contribution is 2.12. The van der Waals surface area contributed by atoms with Gasteiger partial charge >= 0.3 is 0 Å². The van der Waals surface area contributed by atoms with E-state index < -0.39 is 0 Å². The van der Waals surface area contributed by atoms with Gasteiger partial charge in [0.15, 0.2) is 5.96 Å². The Labute approximate surface area is 134 Å². The zero-order valence-electron chi connectivity index (χ0n) is 12.2. The van der Waals surface area contributed by atoms with Crippen molar-refractivity contribution >= 4 is 21.9 Å². The van der Waals surface area contributed by atoms with Crippen LogP contribution in [-0.4, -0.2) is 50.3 Å². The van der Waals surface area contributed by atoms with Gasteiger partial charge in [-0.1, -0.05) is 28.1 Å². The van der Waals surface area contributed by atoms with Crippen LogP contribution in [0.15, 0.2) is 33.7 Å². The molecule has 1 heterocycles. The summed E-state index contributed by atoms with van der Waals surface area (Å²) in [6, 6.07) is 8.09. The maximum atomic E-state index is 5.87. The van der Waals surface area contributed by atoms with Crippen molar-refractivity contribution in [1.82, 2.24) is 10.2 Å². The van der Waals surface area contributed by atoms with Crippen molar-refractivity contribution in [2.24, 2.45) is 10.7 Å². The van der Waals surface area contributed by atoms with Crippen LogP contribution in [0.4, 0.5) is 0 Å². The van der Waals surface area contributed by atoms with E-state index in [1.165, 1.54) is 0 Å². The molecule has 2 rings (SSSR count). The summed E-state index contributed by atoms with van der Waals surface area (Å²) in [5, 5.41) is 3.17. The van der Waals surface area contributed by atoms with E-state index in [9.17, 15) is 0 Å². The molecule has 0 radical (unpaired) electrons. The van der Waals surface area contributed by atoms with Crippen molar-refractivity contribution in [3.05, 3.63) is 34.3 Å². The Morgan fingerprint density at radius 3 is 2.95 bits per heavy atom. The number of halogens is 1. The first kappa shape index (κ1) is 16.3. The smallest absolute Gasteiger partial charge is 0.188 e. The third-order valence-electron chi connectivity index (χ3n) is 3.38. The molecule has 116 valence electrons. The third-order valence-corrected chi connectivity index (χ3v) is 3.88. The monoisotopic (exact) mass is 354 g/mol. The Bertz CT molecular complexity index is 461. The van der Waals surface area contributed by atoms with E-state index in [2.05, 4.69) is 37.2 Å². The van der Waals surface area contributed by atoms with Crippen molar-refractivity contribution in [2.45, 2.75) is 13.0 Å². The summed E-state index contributed by atoms with van der Waals surface area (Å²) < 4.78 is 6.39. The van der Waals surface area contributed by atoms with Gasteiger partial charge in [-0.05, 0) is 30.7 Å². The number of morpholine rings is 1. The maximum Gasteiger partial charge on any atom is 0.188 e. The molecule has 0 aromatic heterocycles. The molecule has 1 fully saturated rings. The first-order chi connectivity index (χ1) is 10.2. The molecule has 0 saturated carbocycles. The lowest BCUT2D eigenvalue weighted by Crippen LogP contribution is -2.39. The molecular formula is C15H23BrN4O. The Kier molecular flexibility index (Phi) is 6.99. The van der Waals surface area contributed by atoms with Gasteiger partial charge < -0.3 is 15.8 Å². The first-order valence-electron chi connectivity index (χ1n) is 7.32. The lowest BCUT2D eigenvalue weighted by molar-refractivity contribution is 0.0376. The number of nitrogens with one attached hydrogen (secondary N) is 1. The Morgan fingerprint density at radius 1 is 1.38 bits per heavy atom. The molecule has 0 atom stereocenters. The summed E-state index contributed by atoms with van der Waals surface area (Å²) in [4.78, 5) is 6.77. The molecule has 1 aliphatic heterocycles. The van der Waals surface area contributed by atoms with Gasteiger partial charge in [-0.25, -0.2) is 4.99 Å². The van der Waals surface area contributed by atoms with E-state index in [4.69, 9.17) is 10.5 Å². The number of nitrogens with zero attached hydrogens (tertiary/aromatic N) is 2. The van der Waals surface area contributed by atoms with Gasteiger partial charge in [0.05, 0.1) is 19.8 Å². The topological polar surface area (TPSA) is 62.9 Å². The molecule has 21 heavy (non-hydrogen) atoms. The first-order valence-corrected chi connectivity index (χ1v) is 8.11. The largest absolute Gasteiger partial charge is 0.379 e. The van der Waals surface area contributed by atoms with E-state index in [0.717, 1.165) is 55.8 Å². The Hall–Kier alpha value is -1.11. The average molecular weight is 355 g/mol. The fourth-order valence-corrected chi connectivity index (χ4v) is 2.66. The Morgan fingerprint density at radius 2 is 2.19 bits per heavy atom. The quantitative estimate of drug-likeness (QED) is 0.462. The number of hydrogen-bond acceptors (Lipinski definition) is 3. The van der Waals surface area contributed by atoms with Crippen LogP contribution in [0, 0.1) is 0 Å². The summed E-state index contributed by atoms with van der Waals surface area (Å²) in [7, 11) is 0. The van der Waals surface area contributed by atoms with Crippen LogP contribution in [-0.2, 0) is 11.3 Å². The van der Waals surface area contributed by atoms with Crippen LogP contribution < -0.4 is 11.1 Å². The highest BCUT2D eigenvalue weighted by atomic mass is 79.9. The predicted octanol–water partition coefficient (Wildman–Crippen LogP) is 1.58. The van der Waals surface area contributed by atoms with Gasteiger partial charge in [0.2, 0.25) is 0 Å². The number of rotatable bonds is 6. The van der Waals surface area contributed by atoms with Crippen LogP contribution in [0.3, 0.4) is 0 Å². The summed E-state index contributed by atoms with van der Waals surface area (Å²) in [6.45, 7) is 6.30. The van der Waals surface area contributed by atoms with Crippen molar-refractivity contribution < 1.29 is 4.74 Å². The minimum Gasteiger partial charge on any atom is -0.379 e. The summed E-state index contributed by atoms with van der Waals surface area (Å²) in [5.74, 6) is 0.511. The number of guanidine groups is 1. The van der Waals surface area contributed by atoms with E-state index in [1.54, 1.807) is 0 Å². The second kappa shape index (κ2) is 9.02. The number of hydrogen-bond donors (Lipinski definition) is 2. The highest BCUT2D eigenvalue weighted by Gasteiger charge is 2.08. The fraction of sp³-hybridized carbons (Fsp3) is 0.533. The number of aliphatic imine (C=N–C) groups is 1. The van der Waals surface area contributed by atoms with Crippen molar-refractivity contribution in [3.8, 4) is 0 Å². The number of nitrogens with two attached hydrogens (primary N) is 1. The molecule has 0 amide bonds. The van der Waals surface area contributed by atoms with E-state index >= 15 is 0 Å². The molecule has 0 bridgehead atoms. The average Bonchev–Trinajstić information content (AvgIpc) is 2.51. The van der Waals surface area contributed by atoms with Gasteiger partial charge in [-0.2, -0.15) is 0 Å². The van der Waals surface area contributed by atoms with Crippen molar-refractivity contribution in [3.63, 3.8) is 0 Å². The molecule has 0 aliphatic carbocycles. The fourth-order valence-electron chi connectivity index (χ4n) is 2.21. The summed E-state index contributed by atoms with van der Waals surface area (Å²) in [5.41, 5.74) is 7.01.